The molecule has 0 N–H and O–H groups in total. The molecular formula is C27H42ClNO3. The molecular weight excluding hydrogens is 422 g/mol. The van der Waals surface area contributed by atoms with Gasteiger partial charge in [0.1, 0.15) is 6.10 Å². The largest absolute Gasteiger partial charge is 0.462 e. The molecule has 0 radical (unpaired) electrons. The van der Waals surface area contributed by atoms with Crippen molar-refractivity contribution in [1.82, 2.24) is 4.90 Å². The van der Waals surface area contributed by atoms with E-state index in [0.29, 0.717) is 24.0 Å². The van der Waals surface area contributed by atoms with E-state index in [1.54, 1.807) is 0 Å². The number of carbonyl (C=O) groups is 2. The van der Waals surface area contributed by atoms with E-state index in [1.165, 1.54) is 50.5 Å². The summed E-state index contributed by atoms with van der Waals surface area (Å²) in [5, 5.41) is 0. The number of allylic oxidation sites excluding steroid dienone is 1. The molecule has 5 aliphatic rings. The minimum absolute atomic E-state index is 0. The van der Waals surface area contributed by atoms with Crippen LogP contribution in [0.2, 0.25) is 0 Å². The fourth-order valence-corrected chi connectivity index (χ4v) is 8.35. The zero-order chi connectivity index (χ0) is 21.6. The summed E-state index contributed by atoms with van der Waals surface area (Å²) in [5.41, 5.74) is 1.80. The Hall–Kier alpha value is -0.870. The number of rotatable bonds is 4. The molecule has 1 heterocycles. The van der Waals surface area contributed by atoms with Crippen LogP contribution in [-0.4, -0.2) is 42.4 Å². The van der Waals surface area contributed by atoms with Gasteiger partial charge in [-0.2, -0.15) is 0 Å². The summed E-state index contributed by atoms with van der Waals surface area (Å²) in [5.74, 6) is 2.45. The molecule has 0 bridgehead atoms. The third kappa shape index (κ3) is 4.19. The van der Waals surface area contributed by atoms with Gasteiger partial charge in [-0.3, -0.25) is 9.59 Å². The Morgan fingerprint density at radius 2 is 1.81 bits per heavy atom. The third-order valence-corrected chi connectivity index (χ3v) is 10.2. The number of hydrogen-bond acceptors (Lipinski definition) is 4. The summed E-state index contributed by atoms with van der Waals surface area (Å²) < 4.78 is 6.18. The molecule has 0 aromatic carbocycles. The molecule has 4 aliphatic carbocycles. The molecule has 5 rings (SSSR count). The molecule has 5 heteroatoms. The van der Waals surface area contributed by atoms with Gasteiger partial charge in [0.05, 0.1) is 6.42 Å². The van der Waals surface area contributed by atoms with Gasteiger partial charge in [0, 0.05) is 18.4 Å². The molecule has 4 unspecified atom stereocenters. The molecule has 1 aliphatic heterocycles. The van der Waals surface area contributed by atoms with Gasteiger partial charge in [-0.1, -0.05) is 25.8 Å². The fourth-order valence-electron chi connectivity index (χ4n) is 8.35. The fraction of sp³-hybridized carbons (Fsp3) is 0.852. The first-order valence-corrected chi connectivity index (χ1v) is 13.1. The Morgan fingerprint density at radius 1 is 1.03 bits per heavy atom. The first-order chi connectivity index (χ1) is 14.9. The number of carbonyl (C=O) groups excluding carboxylic acids is 2. The quantitative estimate of drug-likeness (QED) is 0.499. The maximum atomic E-state index is 12.7. The van der Waals surface area contributed by atoms with Gasteiger partial charge in [0.15, 0.2) is 5.78 Å². The van der Waals surface area contributed by atoms with E-state index in [9.17, 15) is 9.59 Å². The molecule has 4 nitrogen and oxygen atoms in total. The van der Waals surface area contributed by atoms with Crippen molar-refractivity contribution < 1.29 is 14.3 Å². The number of hydrogen-bond donors (Lipinski definition) is 0. The van der Waals surface area contributed by atoms with Crippen LogP contribution >= 0.6 is 12.4 Å². The highest BCUT2D eigenvalue weighted by molar-refractivity contribution is 5.91. The number of ketones is 1. The standard InChI is InChI=1S/C27H41NO3.ClH/c1-26-13-10-20(29)18-19(26)6-7-21-22-8-9-24(27(22,2)14-11-23(21)26)31-25(30)12-17-28-15-4-3-5-16-28;/h18,21-24H,3-17H2,1-2H3;1H/t21?,22?,23?,24?,26-,27-;/m0./s1. The molecule has 3 saturated carbocycles. The average Bonchev–Trinajstić information content (AvgIpc) is 3.10. The van der Waals surface area contributed by atoms with Crippen LogP contribution in [0.5, 0.6) is 0 Å². The maximum Gasteiger partial charge on any atom is 0.307 e. The molecule has 32 heavy (non-hydrogen) atoms. The van der Waals surface area contributed by atoms with Crippen molar-refractivity contribution >= 4 is 24.2 Å². The van der Waals surface area contributed by atoms with E-state index in [0.717, 1.165) is 51.2 Å². The summed E-state index contributed by atoms with van der Waals surface area (Å²) in [6, 6.07) is 0. The van der Waals surface area contributed by atoms with Crippen LogP contribution in [0.3, 0.4) is 0 Å². The second-order valence-electron chi connectivity index (χ2n) is 11.7. The number of esters is 1. The zero-order valence-corrected chi connectivity index (χ0v) is 20.9. The normalized spacial score (nSPS) is 41.6. The lowest BCUT2D eigenvalue weighted by atomic mass is 9.47. The minimum Gasteiger partial charge on any atom is -0.462 e. The van der Waals surface area contributed by atoms with Crippen molar-refractivity contribution in [3.05, 3.63) is 11.6 Å². The van der Waals surface area contributed by atoms with Crippen LogP contribution in [0.15, 0.2) is 11.6 Å². The van der Waals surface area contributed by atoms with Crippen molar-refractivity contribution in [3.8, 4) is 0 Å². The first kappa shape index (κ1) is 24.3. The summed E-state index contributed by atoms with van der Waals surface area (Å²) in [6.45, 7) is 8.00. The van der Waals surface area contributed by atoms with E-state index >= 15 is 0 Å². The molecule has 0 aromatic rings. The molecule has 0 amide bonds. The molecule has 0 aromatic heterocycles. The van der Waals surface area contributed by atoms with Crippen LogP contribution in [0.1, 0.15) is 90.9 Å². The summed E-state index contributed by atoms with van der Waals surface area (Å²) in [7, 11) is 0. The van der Waals surface area contributed by atoms with Crippen molar-refractivity contribution in [2.45, 2.75) is 97.0 Å². The topological polar surface area (TPSA) is 46.6 Å². The van der Waals surface area contributed by atoms with Gasteiger partial charge in [0.25, 0.3) is 0 Å². The van der Waals surface area contributed by atoms with E-state index in [1.807, 2.05) is 6.08 Å². The number of fused-ring (bicyclic) bond motifs is 5. The van der Waals surface area contributed by atoms with Crippen molar-refractivity contribution in [1.29, 1.82) is 0 Å². The van der Waals surface area contributed by atoms with Gasteiger partial charge < -0.3 is 9.64 Å². The lowest BCUT2D eigenvalue weighted by molar-refractivity contribution is -0.160. The average molecular weight is 464 g/mol. The van der Waals surface area contributed by atoms with Crippen molar-refractivity contribution in [3.63, 3.8) is 0 Å². The highest BCUT2D eigenvalue weighted by Gasteiger charge is 2.59. The second kappa shape index (κ2) is 9.41. The summed E-state index contributed by atoms with van der Waals surface area (Å²) in [4.78, 5) is 27.2. The number of ether oxygens (including phenoxy) is 1. The van der Waals surface area contributed by atoms with E-state index in [4.69, 9.17) is 4.74 Å². The minimum atomic E-state index is 0. The molecule has 4 fully saturated rings. The molecule has 180 valence electrons. The maximum absolute atomic E-state index is 12.7. The number of likely N-dealkylation sites (tertiary alicyclic amines) is 1. The predicted molar refractivity (Wildman–Crippen MR) is 129 cm³/mol. The number of nitrogens with zero attached hydrogens (tertiary/aromatic N) is 1. The van der Waals surface area contributed by atoms with E-state index in [2.05, 4.69) is 18.7 Å². The Morgan fingerprint density at radius 3 is 2.59 bits per heavy atom. The van der Waals surface area contributed by atoms with Gasteiger partial charge in [-0.15, -0.1) is 12.4 Å². The summed E-state index contributed by atoms with van der Waals surface area (Å²) >= 11 is 0. The second-order valence-corrected chi connectivity index (χ2v) is 11.7. The van der Waals surface area contributed by atoms with Crippen molar-refractivity contribution in [2.24, 2.45) is 28.6 Å². The van der Waals surface area contributed by atoms with Gasteiger partial charge in [-0.05, 0) is 100 Å². The Balaban J connectivity index is 0.00000245. The lowest BCUT2D eigenvalue weighted by Crippen LogP contribution is -2.51. The highest BCUT2D eigenvalue weighted by Crippen LogP contribution is 2.65. The van der Waals surface area contributed by atoms with Gasteiger partial charge in [0.2, 0.25) is 0 Å². The smallest absolute Gasteiger partial charge is 0.307 e. The molecule has 0 spiro atoms. The van der Waals surface area contributed by atoms with E-state index in [-0.39, 0.29) is 35.3 Å². The van der Waals surface area contributed by atoms with Crippen LogP contribution in [0.25, 0.3) is 0 Å². The van der Waals surface area contributed by atoms with Crippen LogP contribution < -0.4 is 0 Å². The predicted octanol–water partition coefficient (Wildman–Crippen LogP) is 5.73. The number of halogens is 1. The van der Waals surface area contributed by atoms with Gasteiger partial charge in [-0.25, -0.2) is 0 Å². The van der Waals surface area contributed by atoms with Gasteiger partial charge >= 0.3 is 5.97 Å². The monoisotopic (exact) mass is 463 g/mol. The van der Waals surface area contributed by atoms with Crippen LogP contribution in [0.4, 0.5) is 0 Å². The first-order valence-electron chi connectivity index (χ1n) is 13.1. The van der Waals surface area contributed by atoms with Crippen LogP contribution in [-0.2, 0) is 14.3 Å². The summed E-state index contributed by atoms with van der Waals surface area (Å²) in [6.07, 6.45) is 15.2. The lowest BCUT2D eigenvalue weighted by Gasteiger charge is -2.57. The SMILES string of the molecule is C[C@]12CCC3C(CCC4=CC(=O)CC[C@@]43C)C1CCC2OC(=O)CCN1CCCCC1.Cl. The van der Waals surface area contributed by atoms with Crippen LogP contribution in [0, 0.1) is 28.6 Å². The highest BCUT2D eigenvalue weighted by atomic mass is 35.5. The zero-order valence-electron chi connectivity index (χ0n) is 20.1. The molecule has 1 saturated heterocycles. The Bertz CT molecular complexity index is 760. The molecule has 6 atom stereocenters. The van der Waals surface area contributed by atoms with Crippen molar-refractivity contribution in [2.75, 3.05) is 19.6 Å². The van der Waals surface area contributed by atoms with E-state index < -0.39 is 0 Å². The Labute approximate surface area is 200 Å². The third-order valence-electron chi connectivity index (χ3n) is 10.2. The number of piperidine rings is 1. The Kier molecular flexibility index (Phi) is 7.13.